The molecule has 98 valence electrons. The van der Waals surface area contributed by atoms with Gasteiger partial charge in [-0.3, -0.25) is 0 Å². The average Bonchev–Trinajstić information content (AvgIpc) is 1.98. The monoisotopic (exact) mass is 328 g/mol. The minimum atomic E-state index is -5.71. The molecule has 0 aromatic heterocycles. The van der Waals surface area contributed by atoms with E-state index in [4.69, 9.17) is 33.2 Å². The van der Waals surface area contributed by atoms with Crippen LogP contribution in [0.5, 0.6) is 0 Å². The van der Waals surface area contributed by atoms with Crippen LogP contribution < -0.4 is 0 Å². The number of alkyl halides is 6. The number of ether oxygens (including phenoxy) is 1. The first-order chi connectivity index (χ1) is 6.86. The summed E-state index contributed by atoms with van der Waals surface area (Å²) in [6, 6.07) is -3.74. The van der Waals surface area contributed by atoms with Crippen LogP contribution in [0.2, 0.25) is 6.04 Å². The van der Waals surface area contributed by atoms with Gasteiger partial charge in [0.1, 0.15) is 0 Å². The normalized spacial score (nSPS) is 16.3. The van der Waals surface area contributed by atoms with E-state index in [9.17, 15) is 26.3 Å². The maximum absolute atomic E-state index is 12.5. The van der Waals surface area contributed by atoms with Crippen molar-refractivity contribution in [3.05, 3.63) is 0 Å². The molecule has 0 amide bonds. The molecule has 0 saturated carbocycles. The standard InChI is InChI=1S/C5H5Cl3F6OSi/c6-16(7,8)2-1-15-5(13,14)3(9)4(10,11)12/h3H,1-2H2. The van der Waals surface area contributed by atoms with Crippen molar-refractivity contribution in [2.75, 3.05) is 6.61 Å². The van der Waals surface area contributed by atoms with E-state index in [0.29, 0.717) is 0 Å². The van der Waals surface area contributed by atoms with Gasteiger partial charge in [0.15, 0.2) is 0 Å². The molecular formula is C5H5Cl3F6OSi. The maximum atomic E-state index is 12.5. The smallest absolute Gasteiger partial charge is 0.318 e. The van der Waals surface area contributed by atoms with Crippen molar-refractivity contribution in [2.24, 2.45) is 0 Å². The number of rotatable bonds is 5. The van der Waals surface area contributed by atoms with Crippen LogP contribution in [0.1, 0.15) is 0 Å². The Morgan fingerprint density at radius 3 is 1.81 bits per heavy atom. The molecule has 16 heavy (non-hydrogen) atoms. The number of hydrogen-bond donors (Lipinski definition) is 0. The fourth-order valence-corrected chi connectivity index (χ4v) is 1.59. The number of halogens is 9. The summed E-state index contributed by atoms with van der Waals surface area (Å²) in [5, 5.41) is 0. The molecule has 0 aromatic rings. The van der Waals surface area contributed by atoms with E-state index in [1.54, 1.807) is 0 Å². The summed E-state index contributed by atoms with van der Waals surface area (Å²) < 4.78 is 75.4. The molecule has 0 saturated heterocycles. The Balaban J connectivity index is 4.25. The first kappa shape index (κ1) is 16.6. The largest absolute Gasteiger partial charge is 0.428 e. The van der Waals surface area contributed by atoms with Gasteiger partial charge in [-0.05, 0) is 0 Å². The van der Waals surface area contributed by atoms with E-state index in [-0.39, 0.29) is 0 Å². The van der Waals surface area contributed by atoms with Gasteiger partial charge >= 0.3 is 18.3 Å². The van der Waals surface area contributed by atoms with Gasteiger partial charge in [0.25, 0.3) is 6.17 Å². The van der Waals surface area contributed by atoms with Gasteiger partial charge in [0.2, 0.25) is 0 Å². The molecular weight excluding hydrogens is 324 g/mol. The predicted octanol–water partition coefficient (Wildman–Crippen LogP) is 4.15. The Morgan fingerprint density at radius 1 is 1.06 bits per heavy atom. The third-order valence-corrected chi connectivity index (χ3v) is 3.73. The summed E-state index contributed by atoms with van der Waals surface area (Å²) >= 11 is 15.8. The molecule has 1 atom stereocenters. The highest BCUT2D eigenvalue weighted by Crippen LogP contribution is 2.36. The zero-order valence-electron chi connectivity index (χ0n) is 7.30. The molecule has 0 aromatic carbocycles. The topological polar surface area (TPSA) is 9.23 Å². The fraction of sp³-hybridized carbons (Fsp3) is 1.00. The van der Waals surface area contributed by atoms with E-state index in [0.717, 1.165) is 0 Å². The highest BCUT2D eigenvalue weighted by Gasteiger charge is 2.58. The zero-order valence-corrected chi connectivity index (χ0v) is 10.6. The molecule has 0 fully saturated rings. The van der Waals surface area contributed by atoms with Crippen LogP contribution in [-0.4, -0.2) is 31.1 Å². The molecule has 1 nitrogen and oxygen atoms in total. The lowest BCUT2D eigenvalue weighted by atomic mass is 10.3. The van der Waals surface area contributed by atoms with Crippen LogP contribution in [0, 0.1) is 0 Å². The SMILES string of the molecule is FC(C(F)(F)F)C(F)(F)OCC[Si](Cl)(Cl)Cl. The van der Waals surface area contributed by atoms with Crippen LogP contribution in [0.15, 0.2) is 0 Å². The van der Waals surface area contributed by atoms with Crippen molar-refractivity contribution in [3.63, 3.8) is 0 Å². The summed E-state index contributed by atoms with van der Waals surface area (Å²) in [7, 11) is 0. The first-order valence-electron chi connectivity index (χ1n) is 3.65. The summed E-state index contributed by atoms with van der Waals surface area (Å²) in [6.07, 6.45) is -15.1. The summed E-state index contributed by atoms with van der Waals surface area (Å²) in [5.41, 5.74) is 0. The summed E-state index contributed by atoms with van der Waals surface area (Å²) in [5.74, 6) is 0. The van der Waals surface area contributed by atoms with Crippen LogP contribution in [-0.2, 0) is 4.74 Å². The predicted molar refractivity (Wildman–Crippen MR) is 50.0 cm³/mol. The molecule has 0 aliphatic rings. The zero-order chi connectivity index (χ0) is 13.2. The lowest BCUT2D eigenvalue weighted by molar-refractivity contribution is -0.334. The van der Waals surface area contributed by atoms with Crippen LogP contribution in [0.4, 0.5) is 26.3 Å². The summed E-state index contributed by atoms with van der Waals surface area (Å²) in [6.45, 7) is -0.966. The minimum absolute atomic E-state index is 0.460. The molecule has 0 bridgehead atoms. The third kappa shape index (κ3) is 6.38. The second-order valence-electron chi connectivity index (χ2n) is 2.68. The van der Waals surface area contributed by atoms with E-state index in [1.807, 2.05) is 0 Å². The molecule has 0 rings (SSSR count). The maximum Gasteiger partial charge on any atom is 0.428 e. The van der Waals surface area contributed by atoms with Gasteiger partial charge in [-0.1, -0.05) is 0 Å². The first-order valence-corrected chi connectivity index (χ1v) is 8.90. The Kier molecular flexibility index (Phi) is 5.73. The lowest BCUT2D eigenvalue weighted by Crippen LogP contribution is -2.44. The van der Waals surface area contributed by atoms with Gasteiger partial charge in [0, 0.05) is 6.04 Å². The van der Waals surface area contributed by atoms with Gasteiger partial charge in [-0.25, -0.2) is 4.39 Å². The van der Waals surface area contributed by atoms with Crippen molar-refractivity contribution in [3.8, 4) is 0 Å². The Bertz CT molecular complexity index is 229. The highest BCUT2D eigenvalue weighted by molar-refractivity contribution is 7.64. The second kappa shape index (κ2) is 5.51. The van der Waals surface area contributed by atoms with Crippen molar-refractivity contribution >= 4 is 39.2 Å². The minimum Gasteiger partial charge on any atom is -0.318 e. The van der Waals surface area contributed by atoms with E-state index >= 15 is 0 Å². The Labute approximate surface area is 102 Å². The van der Waals surface area contributed by atoms with Gasteiger partial charge in [0.05, 0.1) is 6.61 Å². The Hall–Kier alpha value is 0.627. The molecule has 11 heteroatoms. The van der Waals surface area contributed by atoms with E-state index < -0.39 is 37.1 Å². The van der Waals surface area contributed by atoms with Crippen molar-refractivity contribution in [1.82, 2.24) is 0 Å². The van der Waals surface area contributed by atoms with E-state index in [1.165, 1.54) is 0 Å². The van der Waals surface area contributed by atoms with Crippen LogP contribution >= 0.6 is 33.2 Å². The quantitative estimate of drug-likeness (QED) is 0.418. The molecule has 1 unspecified atom stereocenters. The molecule has 0 aliphatic carbocycles. The molecule has 0 heterocycles. The molecule has 0 radical (unpaired) electrons. The molecule has 0 N–H and O–H groups in total. The van der Waals surface area contributed by atoms with Gasteiger partial charge < -0.3 is 4.74 Å². The highest BCUT2D eigenvalue weighted by atomic mass is 35.8. The Morgan fingerprint density at radius 2 is 1.50 bits per heavy atom. The lowest BCUT2D eigenvalue weighted by Gasteiger charge is -2.22. The van der Waals surface area contributed by atoms with E-state index in [2.05, 4.69) is 4.74 Å². The number of hydrogen-bond acceptors (Lipinski definition) is 1. The average molecular weight is 330 g/mol. The van der Waals surface area contributed by atoms with Crippen molar-refractivity contribution < 1.29 is 31.1 Å². The van der Waals surface area contributed by atoms with Crippen LogP contribution in [0.3, 0.4) is 0 Å². The fourth-order valence-electron chi connectivity index (χ4n) is 0.567. The van der Waals surface area contributed by atoms with Gasteiger partial charge in [-0.2, -0.15) is 22.0 Å². The summed E-state index contributed by atoms with van der Waals surface area (Å²) in [4.78, 5) is 0. The molecule has 0 spiro atoms. The second-order valence-corrected chi connectivity index (χ2v) is 12.0. The van der Waals surface area contributed by atoms with Crippen molar-refractivity contribution in [1.29, 1.82) is 0 Å². The molecule has 0 aliphatic heterocycles. The van der Waals surface area contributed by atoms with Gasteiger partial charge in [-0.15, -0.1) is 33.2 Å². The third-order valence-electron chi connectivity index (χ3n) is 1.26. The van der Waals surface area contributed by atoms with Crippen molar-refractivity contribution in [2.45, 2.75) is 24.5 Å². The van der Waals surface area contributed by atoms with Crippen LogP contribution in [0.25, 0.3) is 0 Å².